The molecular weight excluding hydrogens is 490 g/mol. The minimum absolute atomic E-state index is 0.104. The van der Waals surface area contributed by atoms with Gasteiger partial charge >= 0.3 is 0 Å². The lowest BCUT2D eigenvalue weighted by Gasteiger charge is -2.58. The first-order valence-electron chi connectivity index (χ1n) is 13.3. The van der Waals surface area contributed by atoms with E-state index in [2.05, 4.69) is 32.0 Å². The van der Waals surface area contributed by atoms with Gasteiger partial charge in [0, 0.05) is 49.9 Å². The number of benzene rings is 1. The Kier molecular flexibility index (Phi) is 5.95. The van der Waals surface area contributed by atoms with Crippen LogP contribution in [-0.2, 0) is 9.84 Å². The van der Waals surface area contributed by atoms with Crippen molar-refractivity contribution in [1.82, 2.24) is 15.3 Å². The Morgan fingerprint density at radius 1 is 1.08 bits per heavy atom. The summed E-state index contributed by atoms with van der Waals surface area (Å²) in [5.41, 5.74) is 0.838. The molecule has 198 valence electrons. The second-order valence-corrected chi connectivity index (χ2v) is 13.7. The van der Waals surface area contributed by atoms with E-state index in [0.717, 1.165) is 50.9 Å². The molecule has 0 radical (unpaired) electrons. The topological polar surface area (TPSA) is 116 Å². The second kappa shape index (κ2) is 8.94. The molecule has 4 saturated carbocycles. The van der Waals surface area contributed by atoms with Crippen LogP contribution in [0.4, 0.5) is 11.6 Å². The van der Waals surface area contributed by atoms with Crippen LogP contribution in [-0.4, -0.2) is 73.0 Å². The molecule has 7 rings (SSSR count). The van der Waals surface area contributed by atoms with E-state index in [1.165, 1.54) is 6.26 Å². The maximum Gasteiger partial charge on any atom is 0.270 e. The number of sulfone groups is 1. The average molecular weight is 526 g/mol. The van der Waals surface area contributed by atoms with Crippen LogP contribution >= 0.6 is 0 Å². The minimum atomic E-state index is -3.22. The Bertz CT molecular complexity index is 1280. The fourth-order valence-corrected chi connectivity index (χ4v) is 8.08. The Labute approximate surface area is 218 Å². The number of hydrogen-bond donors (Lipinski definition) is 2. The van der Waals surface area contributed by atoms with Crippen molar-refractivity contribution in [3.05, 3.63) is 42.2 Å². The molecule has 1 aromatic heterocycles. The molecule has 37 heavy (non-hydrogen) atoms. The highest BCUT2D eigenvalue weighted by molar-refractivity contribution is 7.90. The Balaban J connectivity index is 1.11. The predicted molar refractivity (Wildman–Crippen MR) is 140 cm³/mol. The van der Waals surface area contributed by atoms with E-state index < -0.39 is 15.4 Å². The average Bonchev–Trinajstić information content (AvgIpc) is 2.85. The molecule has 5 fully saturated rings. The maximum atomic E-state index is 13.2. The number of carbonyl (C=O) groups excluding carboxylic acids is 1. The van der Waals surface area contributed by atoms with Gasteiger partial charge in [0.25, 0.3) is 5.91 Å². The normalized spacial score (nSPS) is 33.0. The van der Waals surface area contributed by atoms with Crippen molar-refractivity contribution in [3.8, 4) is 0 Å². The van der Waals surface area contributed by atoms with Gasteiger partial charge in [0.15, 0.2) is 9.84 Å². The zero-order chi connectivity index (χ0) is 25.9. The molecule has 10 heteroatoms. The number of carbonyl (C=O) groups is 1. The zero-order valence-corrected chi connectivity index (χ0v) is 22.2. The third kappa shape index (κ3) is 4.69. The SMILES string of the molecule is C[C@@H]1CN(c2ccc(S(C)(=O)=O)cc2)CCN1c1nccc(C(=O)N[C@H]2C3CC4CC2C[C@](O)(C4)C3)n1. The molecular formula is C27H35N5O4S. The quantitative estimate of drug-likeness (QED) is 0.611. The van der Waals surface area contributed by atoms with Crippen molar-refractivity contribution < 1.29 is 18.3 Å². The fourth-order valence-electron chi connectivity index (χ4n) is 7.45. The number of nitrogens with one attached hydrogen (secondary N) is 1. The Morgan fingerprint density at radius 3 is 2.41 bits per heavy atom. The molecule has 2 aromatic rings. The van der Waals surface area contributed by atoms with Crippen molar-refractivity contribution >= 4 is 27.4 Å². The van der Waals surface area contributed by atoms with E-state index >= 15 is 0 Å². The first-order valence-corrected chi connectivity index (χ1v) is 15.2. The van der Waals surface area contributed by atoms with Gasteiger partial charge in [-0.3, -0.25) is 4.79 Å². The molecule has 2 heterocycles. The van der Waals surface area contributed by atoms with Crippen molar-refractivity contribution in [3.63, 3.8) is 0 Å². The maximum absolute atomic E-state index is 13.2. The third-order valence-corrected chi connectivity index (χ3v) is 10.1. The highest BCUT2D eigenvalue weighted by atomic mass is 32.2. The standard InChI is InChI=1S/C27H35N5O4S/c1-17-16-31(21-3-5-22(6-4-21)37(2,35)36)9-10-32(17)26-28-8-7-23(29-26)25(33)30-24-19-11-18-12-20(24)15-27(34,13-18)14-19/h3-8,17-20,24,34H,9-16H2,1-2H3,(H,30,33)/t17-,18?,19?,20?,24-,27-/m1/s1. The van der Waals surface area contributed by atoms with Crippen LogP contribution in [0.3, 0.4) is 0 Å². The van der Waals surface area contributed by atoms with E-state index in [4.69, 9.17) is 0 Å². The first-order chi connectivity index (χ1) is 17.6. The third-order valence-electron chi connectivity index (χ3n) is 8.93. The van der Waals surface area contributed by atoms with E-state index in [1.807, 2.05) is 12.1 Å². The van der Waals surface area contributed by atoms with Gasteiger partial charge in [0.1, 0.15) is 5.69 Å². The molecule has 3 atom stereocenters. The van der Waals surface area contributed by atoms with Gasteiger partial charge in [0.2, 0.25) is 5.95 Å². The molecule has 1 saturated heterocycles. The lowest BCUT2D eigenvalue weighted by molar-refractivity contribution is -0.136. The number of aromatic nitrogens is 2. The monoisotopic (exact) mass is 525 g/mol. The van der Waals surface area contributed by atoms with Crippen LogP contribution < -0.4 is 15.1 Å². The van der Waals surface area contributed by atoms with E-state index in [0.29, 0.717) is 40.8 Å². The molecule has 4 aliphatic carbocycles. The summed E-state index contributed by atoms with van der Waals surface area (Å²) < 4.78 is 23.5. The summed E-state index contributed by atoms with van der Waals surface area (Å²) >= 11 is 0. The molecule has 1 aromatic carbocycles. The van der Waals surface area contributed by atoms with Crippen molar-refractivity contribution in [2.75, 3.05) is 35.7 Å². The zero-order valence-electron chi connectivity index (χ0n) is 21.4. The van der Waals surface area contributed by atoms with E-state index in [-0.39, 0.29) is 18.0 Å². The van der Waals surface area contributed by atoms with Gasteiger partial charge in [-0.05, 0) is 87.1 Å². The number of hydrogen-bond acceptors (Lipinski definition) is 8. The Hall–Kier alpha value is -2.72. The molecule has 2 N–H and O–H groups in total. The van der Waals surface area contributed by atoms with Gasteiger partial charge < -0.3 is 20.2 Å². The van der Waals surface area contributed by atoms with E-state index in [1.54, 1.807) is 24.4 Å². The van der Waals surface area contributed by atoms with Crippen LogP contribution in [0, 0.1) is 17.8 Å². The van der Waals surface area contributed by atoms with E-state index in [9.17, 15) is 18.3 Å². The largest absolute Gasteiger partial charge is 0.390 e. The summed E-state index contributed by atoms with van der Waals surface area (Å²) in [4.78, 5) is 27.0. The molecule has 1 amide bonds. The van der Waals surface area contributed by atoms with Gasteiger partial charge in [-0.2, -0.15) is 0 Å². The molecule has 1 aliphatic heterocycles. The summed E-state index contributed by atoms with van der Waals surface area (Å²) in [6.07, 6.45) is 7.56. The minimum Gasteiger partial charge on any atom is -0.390 e. The lowest BCUT2D eigenvalue weighted by atomic mass is 9.52. The predicted octanol–water partition coefficient (Wildman–Crippen LogP) is 2.26. The van der Waals surface area contributed by atoms with Crippen molar-refractivity contribution in [1.29, 1.82) is 0 Å². The number of aliphatic hydroxyl groups is 1. The summed E-state index contributed by atoms with van der Waals surface area (Å²) in [6.45, 7) is 4.25. The highest BCUT2D eigenvalue weighted by Gasteiger charge is 2.55. The lowest BCUT2D eigenvalue weighted by Crippen LogP contribution is -2.61. The number of nitrogens with zero attached hydrogens (tertiary/aromatic N) is 4. The van der Waals surface area contributed by atoms with Crippen molar-refractivity contribution in [2.24, 2.45) is 17.8 Å². The van der Waals surface area contributed by atoms with Gasteiger partial charge in [-0.1, -0.05) is 0 Å². The highest BCUT2D eigenvalue weighted by Crippen LogP contribution is 2.55. The number of anilines is 2. The smallest absolute Gasteiger partial charge is 0.270 e. The Morgan fingerprint density at radius 2 is 1.78 bits per heavy atom. The second-order valence-electron chi connectivity index (χ2n) is 11.7. The summed E-state index contributed by atoms with van der Waals surface area (Å²) in [5.74, 6) is 1.68. The van der Waals surface area contributed by atoms with Crippen LogP contribution in [0.25, 0.3) is 0 Å². The number of amides is 1. The molecule has 2 unspecified atom stereocenters. The molecule has 4 bridgehead atoms. The molecule has 0 spiro atoms. The number of rotatable bonds is 5. The van der Waals surface area contributed by atoms with Gasteiger partial charge in [-0.25, -0.2) is 18.4 Å². The molecule has 5 aliphatic rings. The van der Waals surface area contributed by atoms with Crippen LogP contribution in [0.15, 0.2) is 41.4 Å². The van der Waals surface area contributed by atoms with Crippen LogP contribution in [0.2, 0.25) is 0 Å². The summed E-state index contributed by atoms with van der Waals surface area (Å²) in [5, 5.41) is 14.1. The molecule has 9 nitrogen and oxygen atoms in total. The van der Waals surface area contributed by atoms with Crippen molar-refractivity contribution in [2.45, 2.75) is 61.6 Å². The van der Waals surface area contributed by atoms with Gasteiger partial charge in [-0.15, -0.1) is 0 Å². The van der Waals surface area contributed by atoms with Crippen LogP contribution in [0.1, 0.15) is 49.5 Å². The first kappa shape index (κ1) is 24.6. The summed E-state index contributed by atoms with van der Waals surface area (Å²) in [7, 11) is -3.22. The fraction of sp³-hybridized carbons (Fsp3) is 0.593. The summed E-state index contributed by atoms with van der Waals surface area (Å²) in [6, 6.07) is 8.89. The van der Waals surface area contributed by atoms with Gasteiger partial charge in [0.05, 0.1) is 10.5 Å². The number of piperazine rings is 1. The van der Waals surface area contributed by atoms with Crippen LogP contribution in [0.5, 0.6) is 0 Å².